The van der Waals surface area contributed by atoms with Crippen molar-refractivity contribution in [1.82, 2.24) is 15.1 Å². The Kier molecular flexibility index (Phi) is 6.60. The first-order chi connectivity index (χ1) is 12.6. The van der Waals surface area contributed by atoms with Crippen molar-refractivity contribution in [3.63, 3.8) is 0 Å². The summed E-state index contributed by atoms with van der Waals surface area (Å²) in [5, 5.41) is 12.0. The molecule has 0 spiro atoms. The fourth-order valence-electron chi connectivity index (χ4n) is 3.63. The maximum atomic E-state index is 12.5. The number of nitrogens with one attached hydrogen (secondary N) is 1. The number of carboxylic acids is 1. The Balaban J connectivity index is 1.44. The highest BCUT2D eigenvalue weighted by atomic mass is 16.5. The van der Waals surface area contributed by atoms with Crippen LogP contribution in [0.15, 0.2) is 24.3 Å². The van der Waals surface area contributed by atoms with Gasteiger partial charge in [-0.1, -0.05) is 0 Å². The molecular formula is C19H27N3O4. The van der Waals surface area contributed by atoms with E-state index >= 15 is 0 Å². The van der Waals surface area contributed by atoms with Crippen LogP contribution in [0.25, 0.3) is 0 Å². The maximum Gasteiger partial charge on any atom is 0.341 e. The number of ether oxygens (including phenoxy) is 1. The maximum absolute atomic E-state index is 12.5. The van der Waals surface area contributed by atoms with Crippen LogP contribution >= 0.6 is 0 Å². The second-order valence-electron chi connectivity index (χ2n) is 6.92. The fraction of sp³-hybridized carbons (Fsp3) is 0.579. The lowest BCUT2D eigenvalue weighted by Gasteiger charge is -2.40. The van der Waals surface area contributed by atoms with E-state index in [1.807, 2.05) is 0 Å². The molecule has 3 rings (SSSR count). The molecule has 0 atom stereocenters. The number of hydrogen-bond acceptors (Lipinski definition) is 6. The summed E-state index contributed by atoms with van der Waals surface area (Å²) >= 11 is 0. The molecule has 2 heterocycles. The van der Waals surface area contributed by atoms with Gasteiger partial charge in [0.2, 0.25) is 0 Å². The summed E-state index contributed by atoms with van der Waals surface area (Å²) in [5.41, 5.74) is 0.633. The van der Waals surface area contributed by atoms with Crippen LogP contribution in [-0.2, 0) is 4.79 Å². The molecule has 2 fully saturated rings. The van der Waals surface area contributed by atoms with E-state index in [1.165, 1.54) is 12.8 Å². The van der Waals surface area contributed by atoms with Crippen LogP contribution in [0.3, 0.4) is 0 Å². The molecule has 142 valence electrons. The highest BCUT2D eigenvalue weighted by molar-refractivity contribution is 5.97. The molecule has 7 heteroatoms. The van der Waals surface area contributed by atoms with Gasteiger partial charge in [0.25, 0.3) is 0 Å². The largest absolute Gasteiger partial charge is 0.482 e. The molecule has 2 aliphatic heterocycles. The molecule has 1 aromatic rings. The van der Waals surface area contributed by atoms with Gasteiger partial charge in [-0.25, -0.2) is 4.79 Å². The van der Waals surface area contributed by atoms with Crippen LogP contribution in [0.1, 0.15) is 23.2 Å². The number of Topliss-reactive ketones (excluding diaryl/α,β-unsaturated/α-hetero) is 1. The SMILES string of the molecule is O=C(O)COc1ccc(C(=O)CN2CCN(C3CCNCC3)CC2)cc1. The first-order valence-electron chi connectivity index (χ1n) is 9.27. The smallest absolute Gasteiger partial charge is 0.341 e. The van der Waals surface area contributed by atoms with Crippen molar-refractivity contribution >= 4 is 11.8 Å². The predicted octanol–water partition coefficient (Wildman–Crippen LogP) is 0.702. The number of piperazine rings is 1. The summed E-state index contributed by atoms with van der Waals surface area (Å²) in [4.78, 5) is 27.8. The summed E-state index contributed by atoms with van der Waals surface area (Å²) in [5.74, 6) is -0.474. The van der Waals surface area contributed by atoms with E-state index < -0.39 is 5.97 Å². The van der Waals surface area contributed by atoms with Gasteiger partial charge in [0.1, 0.15) is 5.75 Å². The highest BCUT2D eigenvalue weighted by Gasteiger charge is 2.25. The van der Waals surface area contributed by atoms with Gasteiger partial charge in [-0.2, -0.15) is 0 Å². The third kappa shape index (κ3) is 5.27. The predicted molar refractivity (Wildman–Crippen MR) is 97.8 cm³/mol. The molecule has 7 nitrogen and oxygen atoms in total. The second-order valence-corrected chi connectivity index (χ2v) is 6.92. The lowest BCUT2D eigenvalue weighted by Crippen LogP contribution is -2.53. The van der Waals surface area contributed by atoms with Crippen molar-refractivity contribution in [2.45, 2.75) is 18.9 Å². The molecule has 2 N–H and O–H groups in total. The standard InChI is InChI=1S/C19H27N3O4/c23-18(15-1-3-17(4-2-15)26-14-19(24)25)13-21-9-11-22(12-10-21)16-5-7-20-8-6-16/h1-4,16,20H,5-14H2,(H,24,25). The van der Waals surface area contributed by atoms with Crippen molar-refractivity contribution < 1.29 is 19.4 Å². The Morgan fingerprint density at radius 3 is 2.35 bits per heavy atom. The molecule has 1 aromatic carbocycles. The van der Waals surface area contributed by atoms with Crippen molar-refractivity contribution in [1.29, 1.82) is 0 Å². The molecule has 0 saturated carbocycles. The Morgan fingerprint density at radius 2 is 1.73 bits per heavy atom. The van der Waals surface area contributed by atoms with Crippen molar-refractivity contribution in [2.75, 3.05) is 52.4 Å². The molecule has 2 aliphatic rings. The number of aliphatic carboxylic acids is 1. The Bertz CT molecular complexity index is 606. The minimum absolute atomic E-state index is 0.0881. The molecule has 0 amide bonds. The van der Waals surface area contributed by atoms with Crippen LogP contribution in [0.4, 0.5) is 0 Å². The van der Waals surface area contributed by atoms with Gasteiger partial charge in [0, 0.05) is 37.8 Å². The summed E-state index contributed by atoms with van der Waals surface area (Å²) in [6, 6.07) is 7.37. The Morgan fingerprint density at radius 1 is 1.08 bits per heavy atom. The van der Waals surface area contributed by atoms with E-state index in [0.717, 1.165) is 39.3 Å². The minimum Gasteiger partial charge on any atom is -0.482 e. The van der Waals surface area contributed by atoms with Crippen molar-refractivity contribution in [2.24, 2.45) is 0 Å². The number of carbonyl (C=O) groups is 2. The zero-order chi connectivity index (χ0) is 18.4. The fourth-order valence-corrected chi connectivity index (χ4v) is 3.63. The van der Waals surface area contributed by atoms with Gasteiger partial charge in [0.15, 0.2) is 12.4 Å². The molecule has 0 radical (unpaired) electrons. The molecular weight excluding hydrogens is 334 g/mol. The lowest BCUT2D eigenvalue weighted by atomic mass is 10.0. The zero-order valence-corrected chi connectivity index (χ0v) is 15.0. The third-order valence-corrected chi connectivity index (χ3v) is 5.14. The molecule has 0 bridgehead atoms. The molecule has 26 heavy (non-hydrogen) atoms. The lowest BCUT2D eigenvalue weighted by molar-refractivity contribution is -0.139. The normalized spacial score (nSPS) is 20.0. The Labute approximate surface area is 153 Å². The van der Waals surface area contributed by atoms with E-state index in [-0.39, 0.29) is 12.4 Å². The van der Waals surface area contributed by atoms with Crippen molar-refractivity contribution in [3.8, 4) is 5.75 Å². The topological polar surface area (TPSA) is 82.1 Å². The Hall–Kier alpha value is -1.96. The van der Waals surface area contributed by atoms with E-state index in [0.29, 0.717) is 23.9 Å². The van der Waals surface area contributed by atoms with Crippen LogP contribution in [-0.4, -0.2) is 85.1 Å². The molecule has 0 aliphatic carbocycles. The average Bonchev–Trinajstić information content (AvgIpc) is 2.68. The van der Waals surface area contributed by atoms with Crippen LogP contribution < -0.4 is 10.1 Å². The zero-order valence-electron chi connectivity index (χ0n) is 15.0. The van der Waals surface area contributed by atoms with Crippen molar-refractivity contribution in [3.05, 3.63) is 29.8 Å². The second kappa shape index (κ2) is 9.12. The average molecular weight is 361 g/mol. The van der Waals surface area contributed by atoms with Gasteiger partial charge in [-0.05, 0) is 50.2 Å². The highest BCUT2D eigenvalue weighted by Crippen LogP contribution is 2.16. The van der Waals surface area contributed by atoms with Gasteiger partial charge >= 0.3 is 5.97 Å². The van der Waals surface area contributed by atoms with Gasteiger partial charge in [-0.3, -0.25) is 14.6 Å². The van der Waals surface area contributed by atoms with Crippen LogP contribution in [0.5, 0.6) is 5.75 Å². The van der Waals surface area contributed by atoms with Gasteiger partial charge in [0.05, 0.1) is 6.54 Å². The monoisotopic (exact) mass is 361 g/mol. The molecule has 0 unspecified atom stereocenters. The summed E-state index contributed by atoms with van der Waals surface area (Å²) in [6.45, 7) is 6.17. The van der Waals surface area contributed by atoms with E-state index in [1.54, 1.807) is 24.3 Å². The number of rotatable bonds is 7. The first-order valence-corrected chi connectivity index (χ1v) is 9.27. The molecule has 0 aromatic heterocycles. The van der Waals surface area contributed by atoms with Crippen LogP contribution in [0.2, 0.25) is 0 Å². The summed E-state index contributed by atoms with van der Waals surface area (Å²) in [6.07, 6.45) is 2.43. The van der Waals surface area contributed by atoms with E-state index in [4.69, 9.17) is 9.84 Å². The number of carbonyl (C=O) groups excluding carboxylic acids is 1. The number of hydrogen-bond donors (Lipinski definition) is 2. The van der Waals surface area contributed by atoms with Crippen LogP contribution in [0, 0.1) is 0 Å². The number of ketones is 1. The third-order valence-electron chi connectivity index (χ3n) is 5.14. The van der Waals surface area contributed by atoms with E-state index in [9.17, 15) is 9.59 Å². The first kappa shape index (κ1) is 18.8. The van der Waals surface area contributed by atoms with E-state index in [2.05, 4.69) is 15.1 Å². The summed E-state index contributed by atoms with van der Waals surface area (Å²) in [7, 11) is 0. The number of nitrogens with zero attached hydrogens (tertiary/aromatic N) is 2. The number of carboxylic acid groups (broad SMARTS) is 1. The minimum atomic E-state index is -1.02. The quantitative estimate of drug-likeness (QED) is 0.692. The number of piperidine rings is 1. The van der Waals surface area contributed by atoms with Gasteiger partial charge in [-0.15, -0.1) is 0 Å². The van der Waals surface area contributed by atoms with Gasteiger partial charge < -0.3 is 15.2 Å². The molecule has 2 saturated heterocycles. The number of benzene rings is 1. The summed E-state index contributed by atoms with van der Waals surface area (Å²) < 4.78 is 5.09.